The largest absolute Gasteiger partial charge is 0.497 e. The van der Waals surface area contributed by atoms with E-state index < -0.39 is 0 Å². The summed E-state index contributed by atoms with van der Waals surface area (Å²) in [6.45, 7) is 4.17. The Balaban J connectivity index is 1.86. The zero-order valence-corrected chi connectivity index (χ0v) is 13.3. The van der Waals surface area contributed by atoms with Gasteiger partial charge in [0.2, 0.25) is 5.95 Å². The molecular formula is C17H22N4O. The average molecular weight is 298 g/mol. The summed E-state index contributed by atoms with van der Waals surface area (Å²) < 4.78 is 5.26. The highest BCUT2D eigenvalue weighted by Crippen LogP contribution is 2.40. The first-order valence-electron chi connectivity index (χ1n) is 7.70. The van der Waals surface area contributed by atoms with Crippen molar-refractivity contribution >= 4 is 17.5 Å². The Kier molecular flexibility index (Phi) is 4.13. The van der Waals surface area contributed by atoms with Crippen LogP contribution in [-0.2, 0) is 0 Å². The number of anilines is 3. The van der Waals surface area contributed by atoms with Crippen molar-refractivity contribution in [2.45, 2.75) is 38.6 Å². The van der Waals surface area contributed by atoms with Gasteiger partial charge in [-0.25, -0.2) is 4.98 Å². The molecule has 1 saturated carbocycles. The van der Waals surface area contributed by atoms with Gasteiger partial charge in [0.05, 0.1) is 12.8 Å². The van der Waals surface area contributed by atoms with Gasteiger partial charge < -0.3 is 15.4 Å². The molecule has 0 aliphatic heterocycles. The van der Waals surface area contributed by atoms with Crippen molar-refractivity contribution < 1.29 is 4.74 Å². The van der Waals surface area contributed by atoms with Crippen LogP contribution >= 0.6 is 0 Å². The first-order chi connectivity index (χ1) is 10.6. The summed E-state index contributed by atoms with van der Waals surface area (Å²) >= 11 is 0. The molecule has 3 rings (SSSR count). The first kappa shape index (κ1) is 14.6. The third kappa shape index (κ3) is 3.67. The number of rotatable bonds is 6. The standard InChI is InChI=1S/C17H22N4O/c1-11(2)18-17-20-15(12-7-8-12)10-16(21-17)19-13-5-4-6-14(9-13)22-3/h4-6,9-12H,7-8H2,1-3H3,(H2,18,19,20,21). The van der Waals surface area contributed by atoms with Gasteiger partial charge in [-0.1, -0.05) is 6.07 Å². The molecule has 0 amide bonds. The number of ether oxygens (including phenoxy) is 1. The monoisotopic (exact) mass is 298 g/mol. The summed E-state index contributed by atoms with van der Waals surface area (Å²) in [6.07, 6.45) is 2.44. The quantitative estimate of drug-likeness (QED) is 0.846. The molecule has 1 fully saturated rings. The van der Waals surface area contributed by atoms with E-state index in [1.807, 2.05) is 30.3 Å². The Labute approximate surface area is 131 Å². The van der Waals surface area contributed by atoms with Crippen LogP contribution in [0, 0.1) is 0 Å². The van der Waals surface area contributed by atoms with E-state index in [9.17, 15) is 0 Å². The van der Waals surface area contributed by atoms with Crippen LogP contribution in [0.25, 0.3) is 0 Å². The molecule has 5 heteroatoms. The van der Waals surface area contributed by atoms with Crippen LogP contribution in [0.15, 0.2) is 30.3 Å². The Hall–Kier alpha value is -2.30. The SMILES string of the molecule is COc1cccc(Nc2cc(C3CC3)nc(NC(C)C)n2)c1. The highest BCUT2D eigenvalue weighted by Gasteiger charge is 2.26. The second-order valence-electron chi connectivity index (χ2n) is 5.93. The first-order valence-corrected chi connectivity index (χ1v) is 7.70. The van der Waals surface area contributed by atoms with Gasteiger partial charge in [-0.05, 0) is 38.8 Å². The summed E-state index contributed by atoms with van der Waals surface area (Å²) in [4.78, 5) is 9.18. The molecule has 0 bridgehead atoms. The van der Waals surface area contributed by atoms with Crippen LogP contribution in [0.3, 0.4) is 0 Å². The van der Waals surface area contributed by atoms with E-state index in [1.54, 1.807) is 7.11 Å². The van der Waals surface area contributed by atoms with Gasteiger partial charge in [-0.2, -0.15) is 4.98 Å². The number of benzene rings is 1. The van der Waals surface area contributed by atoms with Crippen LogP contribution in [0.5, 0.6) is 5.75 Å². The molecule has 116 valence electrons. The lowest BCUT2D eigenvalue weighted by molar-refractivity contribution is 0.415. The van der Waals surface area contributed by atoms with Gasteiger partial charge in [0, 0.05) is 29.8 Å². The molecule has 0 unspecified atom stereocenters. The topological polar surface area (TPSA) is 59.1 Å². The fourth-order valence-electron chi connectivity index (χ4n) is 2.29. The van der Waals surface area contributed by atoms with E-state index in [1.165, 1.54) is 12.8 Å². The van der Waals surface area contributed by atoms with Crippen LogP contribution in [-0.4, -0.2) is 23.1 Å². The minimum Gasteiger partial charge on any atom is -0.497 e. The minimum absolute atomic E-state index is 0.305. The van der Waals surface area contributed by atoms with Crippen molar-refractivity contribution in [2.24, 2.45) is 0 Å². The van der Waals surface area contributed by atoms with Crippen molar-refractivity contribution in [3.63, 3.8) is 0 Å². The van der Waals surface area contributed by atoms with Crippen LogP contribution < -0.4 is 15.4 Å². The Morgan fingerprint density at radius 1 is 1.18 bits per heavy atom. The lowest BCUT2D eigenvalue weighted by Crippen LogP contribution is -2.14. The molecule has 1 heterocycles. The number of hydrogen-bond acceptors (Lipinski definition) is 5. The van der Waals surface area contributed by atoms with E-state index in [0.29, 0.717) is 17.9 Å². The van der Waals surface area contributed by atoms with Gasteiger partial charge in [-0.3, -0.25) is 0 Å². The summed E-state index contributed by atoms with van der Waals surface area (Å²) in [5, 5.41) is 6.63. The number of methoxy groups -OCH3 is 1. The molecule has 0 atom stereocenters. The molecule has 0 saturated heterocycles. The van der Waals surface area contributed by atoms with Crippen LogP contribution in [0.2, 0.25) is 0 Å². The molecule has 2 N–H and O–H groups in total. The lowest BCUT2D eigenvalue weighted by atomic mass is 10.2. The molecule has 1 aliphatic rings. The fourth-order valence-corrected chi connectivity index (χ4v) is 2.29. The van der Waals surface area contributed by atoms with Crippen LogP contribution in [0.4, 0.5) is 17.5 Å². The highest BCUT2D eigenvalue weighted by atomic mass is 16.5. The van der Waals surface area contributed by atoms with E-state index in [2.05, 4.69) is 34.4 Å². The van der Waals surface area contributed by atoms with Crippen molar-refractivity contribution in [1.82, 2.24) is 9.97 Å². The molecular weight excluding hydrogens is 276 g/mol. The molecule has 22 heavy (non-hydrogen) atoms. The number of aromatic nitrogens is 2. The molecule has 0 spiro atoms. The van der Waals surface area contributed by atoms with Gasteiger partial charge in [0.1, 0.15) is 11.6 Å². The van der Waals surface area contributed by atoms with E-state index in [0.717, 1.165) is 22.9 Å². The zero-order chi connectivity index (χ0) is 15.5. The smallest absolute Gasteiger partial charge is 0.225 e. The van der Waals surface area contributed by atoms with Crippen LogP contribution in [0.1, 0.15) is 38.3 Å². The summed E-state index contributed by atoms with van der Waals surface area (Å²) in [7, 11) is 1.67. The van der Waals surface area contributed by atoms with E-state index in [4.69, 9.17) is 4.74 Å². The lowest BCUT2D eigenvalue weighted by Gasteiger charge is -2.13. The van der Waals surface area contributed by atoms with Crippen molar-refractivity contribution in [3.05, 3.63) is 36.0 Å². The zero-order valence-electron chi connectivity index (χ0n) is 13.3. The maximum atomic E-state index is 5.26. The summed E-state index contributed by atoms with van der Waals surface area (Å²) in [5.41, 5.74) is 2.07. The Bertz CT molecular complexity index is 653. The average Bonchev–Trinajstić information content (AvgIpc) is 3.31. The Morgan fingerprint density at radius 3 is 2.68 bits per heavy atom. The second-order valence-corrected chi connectivity index (χ2v) is 5.93. The molecule has 1 aromatic carbocycles. The van der Waals surface area contributed by atoms with Crippen molar-refractivity contribution in [2.75, 3.05) is 17.7 Å². The Morgan fingerprint density at radius 2 is 2.00 bits per heavy atom. The van der Waals surface area contributed by atoms with Crippen molar-refractivity contribution in [3.8, 4) is 5.75 Å². The third-order valence-corrected chi connectivity index (χ3v) is 3.50. The fraction of sp³-hybridized carbons (Fsp3) is 0.412. The molecule has 0 radical (unpaired) electrons. The van der Waals surface area contributed by atoms with Gasteiger partial charge in [0.25, 0.3) is 0 Å². The molecule has 1 aromatic heterocycles. The van der Waals surface area contributed by atoms with Gasteiger partial charge >= 0.3 is 0 Å². The molecule has 5 nitrogen and oxygen atoms in total. The normalized spacial score (nSPS) is 14.0. The maximum Gasteiger partial charge on any atom is 0.225 e. The highest BCUT2D eigenvalue weighted by molar-refractivity contribution is 5.59. The summed E-state index contributed by atoms with van der Waals surface area (Å²) in [5.74, 6) is 2.90. The van der Waals surface area contributed by atoms with E-state index >= 15 is 0 Å². The number of hydrogen-bond donors (Lipinski definition) is 2. The molecule has 1 aliphatic carbocycles. The van der Waals surface area contributed by atoms with E-state index in [-0.39, 0.29) is 0 Å². The van der Waals surface area contributed by atoms with Gasteiger partial charge in [-0.15, -0.1) is 0 Å². The third-order valence-electron chi connectivity index (χ3n) is 3.50. The number of nitrogens with one attached hydrogen (secondary N) is 2. The second kappa shape index (κ2) is 6.22. The predicted octanol–water partition coefficient (Wildman–Crippen LogP) is 3.93. The number of nitrogens with zero attached hydrogens (tertiary/aromatic N) is 2. The summed E-state index contributed by atoms with van der Waals surface area (Å²) in [6, 6.07) is 10.2. The van der Waals surface area contributed by atoms with Crippen molar-refractivity contribution in [1.29, 1.82) is 0 Å². The minimum atomic E-state index is 0.305. The maximum absolute atomic E-state index is 5.26. The predicted molar refractivity (Wildman–Crippen MR) is 89.0 cm³/mol. The van der Waals surface area contributed by atoms with Gasteiger partial charge in [0.15, 0.2) is 0 Å². The molecule has 2 aromatic rings.